The summed E-state index contributed by atoms with van der Waals surface area (Å²) >= 11 is 0. The lowest BCUT2D eigenvalue weighted by atomic mass is 9.78. The van der Waals surface area contributed by atoms with Gasteiger partial charge in [-0.3, -0.25) is 14.5 Å². The van der Waals surface area contributed by atoms with E-state index in [1.807, 2.05) is 18.0 Å². The van der Waals surface area contributed by atoms with E-state index in [-0.39, 0.29) is 17.0 Å². The highest BCUT2D eigenvalue weighted by molar-refractivity contribution is 5.75. The molecule has 1 saturated heterocycles. The summed E-state index contributed by atoms with van der Waals surface area (Å²) in [6.07, 6.45) is 12.4. The van der Waals surface area contributed by atoms with Crippen LogP contribution in [0.1, 0.15) is 57.8 Å². The van der Waals surface area contributed by atoms with Gasteiger partial charge in [0.1, 0.15) is 0 Å². The van der Waals surface area contributed by atoms with Gasteiger partial charge in [-0.25, -0.2) is 0 Å². The summed E-state index contributed by atoms with van der Waals surface area (Å²) in [6.45, 7) is 3.65. The van der Waals surface area contributed by atoms with Gasteiger partial charge in [0, 0.05) is 44.4 Å². The fraction of sp³-hybridized carbons (Fsp3) is 0.714. The second kappa shape index (κ2) is 8.85. The fourth-order valence-corrected chi connectivity index (χ4v) is 4.73. The van der Waals surface area contributed by atoms with Crippen LogP contribution in [0.5, 0.6) is 0 Å². The van der Waals surface area contributed by atoms with Crippen LogP contribution in [0.25, 0.3) is 0 Å². The van der Waals surface area contributed by atoms with Gasteiger partial charge in [-0.2, -0.15) is 0 Å². The summed E-state index contributed by atoms with van der Waals surface area (Å²) in [4.78, 5) is 29.1. The van der Waals surface area contributed by atoms with Crippen molar-refractivity contribution in [1.82, 2.24) is 14.4 Å². The summed E-state index contributed by atoms with van der Waals surface area (Å²) in [6, 6.07) is 5.11. The molecule has 0 bridgehead atoms. The summed E-state index contributed by atoms with van der Waals surface area (Å²) in [5.41, 5.74) is 0.132. The molecule has 1 amide bonds. The van der Waals surface area contributed by atoms with Crippen molar-refractivity contribution in [2.24, 2.45) is 0 Å². The van der Waals surface area contributed by atoms with Crippen LogP contribution in [0.3, 0.4) is 0 Å². The molecule has 1 aliphatic carbocycles. The Balaban J connectivity index is 1.61. The number of hydrogen-bond acceptors (Lipinski definition) is 3. The second-order valence-electron chi connectivity index (χ2n) is 8.06. The predicted molar refractivity (Wildman–Crippen MR) is 104 cm³/mol. The summed E-state index contributed by atoms with van der Waals surface area (Å²) in [7, 11) is 1.94. The molecule has 1 saturated carbocycles. The SMILES string of the molecule is CN(CC1(N2CCCCC2)CCCCC1)C(=O)CCn1ccccc1=O. The van der Waals surface area contributed by atoms with E-state index in [0.717, 1.165) is 6.54 Å². The number of aromatic nitrogens is 1. The van der Waals surface area contributed by atoms with Gasteiger partial charge < -0.3 is 9.47 Å². The third-order valence-corrected chi connectivity index (χ3v) is 6.23. The molecule has 0 aromatic carbocycles. The van der Waals surface area contributed by atoms with Crippen LogP contribution in [0.4, 0.5) is 0 Å². The Hall–Kier alpha value is -1.62. The van der Waals surface area contributed by atoms with Crippen molar-refractivity contribution in [3.63, 3.8) is 0 Å². The third kappa shape index (κ3) is 4.56. The van der Waals surface area contributed by atoms with E-state index in [1.165, 1.54) is 64.5 Å². The van der Waals surface area contributed by atoms with Crippen molar-refractivity contribution in [2.45, 2.75) is 69.9 Å². The van der Waals surface area contributed by atoms with Crippen molar-refractivity contribution in [2.75, 3.05) is 26.7 Å². The molecule has 0 N–H and O–H groups in total. The molecule has 2 heterocycles. The molecule has 0 atom stereocenters. The van der Waals surface area contributed by atoms with Gasteiger partial charge in [-0.15, -0.1) is 0 Å². The number of pyridine rings is 1. The third-order valence-electron chi connectivity index (χ3n) is 6.23. The number of aryl methyl sites for hydroxylation is 1. The molecule has 5 heteroatoms. The van der Waals surface area contributed by atoms with E-state index in [0.29, 0.717) is 13.0 Å². The molecule has 5 nitrogen and oxygen atoms in total. The van der Waals surface area contributed by atoms with Crippen LogP contribution >= 0.6 is 0 Å². The lowest BCUT2D eigenvalue weighted by Crippen LogP contribution is -2.58. The first-order valence-corrected chi connectivity index (χ1v) is 10.3. The van der Waals surface area contributed by atoms with E-state index >= 15 is 0 Å². The average Bonchev–Trinajstić information content (AvgIpc) is 2.68. The summed E-state index contributed by atoms with van der Waals surface area (Å²) in [5.74, 6) is 0.141. The monoisotopic (exact) mass is 359 g/mol. The van der Waals surface area contributed by atoms with E-state index in [1.54, 1.807) is 22.9 Å². The molecular formula is C21H33N3O2. The number of carbonyl (C=O) groups excluding carboxylic acids is 1. The van der Waals surface area contributed by atoms with Crippen LogP contribution in [-0.4, -0.2) is 52.5 Å². The van der Waals surface area contributed by atoms with Gasteiger partial charge in [0.15, 0.2) is 0 Å². The molecule has 1 aliphatic heterocycles. The van der Waals surface area contributed by atoms with Crippen LogP contribution in [0.2, 0.25) is 0 Å². The second-order valence-corrected chi connectivity index (χ2v) is 8.06. The van der Waals surface area contributed by atoms with Crippen molar-refractivity contribution in [3.05, 3.63) is 34.7 Å². The number of piperidine rings is 1. The van der Waals surface area contributed by atoms with Crippen molar-refractivity contribution < 1.29 is 4.79 Å². The standard InChI is InChI=1S/C21H33N3O2/c1-22(19(25)11-17-23-14-9-4-10-20(23)26)18-21(12-5-2-6-13-21)24-15-7-3-8-16-24/h4,9-10,14H,2-3,5-8,11-13,15-18H2,1H3. The topological polar surface area (TPSA) is 45.5 Å². The quantitative estimate of drug-likeness (QED) is 0.784. The van der Waals surface area contributed by atoms with Crippen molar-refractivity contribution in [3.8, 4) is 0 Å². The Labute approximate surface area is 157 Å². The highest BCUT2D eigenvalue weighted by Crippen LogP contribution is 2.36. The molecule has 2 fully saturated rings. The highest BCUT2D eigenvalue weighted by atomic mass is 16.2. The van der Waals surface area contributed by atoms with E-state index in [4.69, 9.17) is 0 Å². The summed E-state index contributed by atoms with van der Waals surface area (Å²) < 4.78 is 1.62. The predicted octanol–water partition coefficient (Wildman–Crippen LogP) is 2.89. The Kier molecular flexibility index (Phi) is 6.52. The van der Waals surface area contributed by atoms with Gasteiger partial charge in [-0.1, -0.05) is 31.7 Å². The van der Waals surface area contributed by atoms with Gasteiger partial charge in [-0.05, 0) is 44.8 Å². The lowest BCUT2D eigenvalue weighted by molar-refractivity contribution is -0.132. The van der Waals surface area contributed by atoms with Crippen LogP contribution < -0.4 is 5.56 Å². The molecule has 144 valence electrons. The molecule has 0 radical (unpaired) electrons. The Bertz CT molecular complexity index is 643. The number of hydrogen-bond donors (Lipinski definition) is 0. The zero-order chi connectivity index (χ0) is 18.4. The smallest absolute Gasteiger partial charge is 0.250 e. The summed E-state index contributed by atoms with van der Waals surface area (Å²) in [5, 5.41) is 0. The minimum absolute atomic E-state index is 0.0416. The first-order chi connectivity index (χ1) is 12.6. The van der Waals surface area contributed by atoms with E-state index in [2.05, 4.69) is 4.90 Å². The molecule has 3 rings (SSSR count). The van der Waals surface area contributed by atoms with Crippen LogP contribution in [0.15, 0.2) is 29.2 Å². The number of likely N-dealkylation sites (N-methyl/N-ethyl adjacent to an activating group) is 1. The number of amides is 1. The first-order valence-electron chi connectivity index (χ1n) is 10.3. The maximum absolute atomic E-state index is 12.7. The molecular weight excluding hydrogens is 326 g/mol. The normalized spacial score (nSPS) is 20.7. The minimum Gasteiger partial charge on any atom is -0.344 e. The highest BCUT2D eigenvalue weighted by Gasteiger charge is 2.39. The Morgan fingerprint density at radius 1 is 1.08 bits per heavy atom. The molecule has 0 spiro atoms. The number of carbonyl (C=O) groups is 1. The largest absolute Gasteiger partial charge is 0.344 e. The molecule has 1 aromatic rings. The van der Waals surface area contributed by atoms with Gasteiger partial charge in [0.25, 0.3) is 5.56 Å². The van der Waals surface area contributed by atoms with Crippen molar-refractivity contribution in [1.29, 1.82) is 0 Å². The number of rotatable bonds is 6. The fourth-order valence-electron chi connectivity index (χ4n) is 4.73. The lowest BCUT2D eigenvalue weighted by Gasteiger charge is -2.50. The molecule has 26 heavy (non-hydrogen) atoms. The maximum atomic E-state index is 12.7. The number of nitrogens with zero attached hydrogens (tertiary/aromatic N) is 3. The molecule has 0 unspecified atom stereocenters. The first kappa shape index (κ1) is 19.2. The average molecular weight is 360 g/mol. The molecule has 1 aromatic heterocycles. The molecule has 2 aliphatic rings. The van der Waals surface area contributed by atoms with E-state index < -0.39 is 0 Å². The number of likely N-dealkylation sites (tertiary alicyclic amines) is 1. The van der Waals surface area contributed by atoms with Crippen LogP contribution in [-0.2, 0) is 11.3 Å². The van der Waals surface area contributed by atoms with Gasteiger partial charge >= 0.3 is 0 Å². The maximum Gasteiger partial charge on any atom is 0.250 e. The van der Waals surface area contributed by atoms with Crippen molar-refractivity contribution >= 4 is 5.91 Å². The van der Waals surface area contributed by atoms with Crippen LogP contribution in [0, 0.1) is 0 Å². The van der Waals surface area contributed by atoms with Gasteiger partial charge in [0.2, 0.25) is 5.91 Å². The minimum atomic E-state index is -0.0416. The van der Waals surface area contributed by atoms with E-state index in [9.17, 15) is 9.59 Å². The zero-order valence-electron chi connectivity index (χ0n) is 16.2. The zero-order valence-corrected chi connectivity index (χ0v) is 16.2. The van der Waals surface area contributed by atoms with Gasteiger partial charge in [0.05, 0.1) is 0 Å². The Morgan fingerprint density at radius 2 is 1.77 bits per heavy atom. The Morgan fingerprint density at radius 3 is 2.46 bits per heavy atom.